The number of carbonyl (C=O) groups is 1. The first-order valence-electron chi connectivity index (χ1n) is 12.1. The number of amides is 1. The molecule has 0 bridgehead atoms. The molecule has 2 aromatic carbocycles. The molecule has 35 heavy (non-hydrogen) atoms. The van der Waals surface area contributed by atoms with E-state index in [0.29, 0.717) is 32.0 Å². The van der Waals surface area contributed by atoms with Crippen molar-refractivity contribution >= 4 is 27.7 Å². The second kappa shape index (κ2) is 11.9. The Hall–Kier alpha value is -2.56. The van der Waals surface area contributed by atoms with Gasteiger partial charge in [-0.05, 0) is 30.2 Å². The SMILES string of the molecule is Cc1ccc(S(=O)(=O)N2CCOCC2)cc1NC(=O)CN1CCN(C/C=C/c2ccccc2)CC1. The Morgan fingerprint density at radius 2 is 1.66 bits per heavy atom. The highest BCUT2D eigenvalue weighted by molar-refractivity contribution is 7.89. The molecule has 188 valence electrons. The third-order valence-electron chi connectivity index (χ3n) is 6.40. The van der Waals surface area contributed by atoms with Crippen LogP contribution in [0.4, 0.5) is 5.69 Å². The lowest BCUT2D eigenvalue weighted by Crippen LogP contribution is -2.48. The van der Waals surface area contributed by atoms with Crippen molar-refractivity contribution in [2.24, 2.45) is 0 Å². The van der Waals surface area contributed by atoms with E-state index < -0.39 is 10.0 Å². The quantitative estimate of drug-likeness (QED) is 0.602. The van der Waals surface area contributed by atoms with Crippen molar-refractivity contribution in [3.63, 3.8) is 0 Å². The van der Waals surface area contributed by atoms with E-state index in [2.05, 4.69) is 39.4 Å². The van der Waals surface area contributed by atoms with Gasteiger partial charge in [-0.15, -0.1) is 0 Å². The first-order valence-corrected chi connectivity index (χ1v) is 13.5. The molecule has 0 spiro atoms. The van der Waals surface area contributed by atoms with Gasteiger partial charge in [0.25, 0.3) is 0 Å². The third kappa shape index (κ3) is 6.99. The molecule has 4 rings (SSSR count). The molecule has 0 saturated carbocycles. The van der Waals surface area contributed by atoms with Crippen molar-refractivity contribution in [1.29, 1.82) is 0 Å². The maximum atomic E-state index is 13.0. The number of anilines is 1. The van der Waals surface area contributed by atoms with Gasteiger partial charge in [-0.3, -0.25) is 14.6 Å². The van der Waals surface area contributed by atoms with Gasteiger partial charge < -0.3 is 10.1 Å². The predicted octanol–water partition coefficient (Wildman–Crippen LogP) is 2.29. The van der Waals surface area contributed by atoms with Gasteiger partial charge in [0.1, 0.15) is 0 Å². The summed E-state index contributed by atoms with van der Waals surface area (Å²) in [4.78, 5) is 17.5. The van der Waals surface area contributed by atoms with Gasteiger partial charge in [-0.2, -0.15) is 4.31 Å². The Balaban J connectivity index is 1.27. The highest BCUT2D eigenvalue weighted by atomic mass is 32.2. The van der Waals surface area contributed by atoms with Gasteiger partial charge in [0.2, 0.25) is 15.9 Å². The molecule has 2 aromatic rings. The molecule has 0 aliphatic carbocycles. The number of nitrogens with one attached hydrogen (secondary N) is 1. The number of benzene rings is 2. The van der Waals surface area contributed by atoms with Crippen molar-refractivity contribution in [1.82, 2.24) is 14.1 Å². The average Bonchev–Trinajstić information content (AvgIpc) is 2.87. The molecule has 0 atom stereocenters. The summed E-state index contributed by atoms with van der Waals surface area (Å²) >= 11 is 0. The molecule has 2 saturated heterocycles. The van der Waals surface area contributed by atoms with Crippen LogP contribution in [-0.2, 0) is 19.6 Å². The summed E-state index contributed by atoms with van der Waals surface area (Å²) < 4.78 is 32.7. The Kier molecular flexibility index (Phi) is 8.69. The third-order valence-corrected chi connectivity index (χ3v) is 8.29. The van der Waals surface area contributed by atoms with Gasteiger partial charge in [-0.25, -0.2) is 8.42 Å². The predicted molar refractivity (Wildman–Crippen MR) is 138 cm³/mol. The van der Waals surface area contributed by atoms with Crippen molar-refractivity contribution in [2.75, 3.05) is 70.9 Å². The van der Waals surface area contributed by atoms with Gasteiger partial charge >= 0.3 is 0 Å². The summed E-state index contributed by atoms with van der Waals surface area (Å²) in [5.74, 6) is -0.133. The maximum Gasteiger partial charge on any atom is 0.243 e. The number of nitrogens with zero attached hydrogens (tertiary/aromatic N) is 3. The lowest BCUT2D eigenvalue weighted by atomic mass is 10.2. The van der Waals surface area contributed by atoms with E-state index in [4.69, 9.17) is 4.74 Å². The number of piperazine rings is 1. The summed E-state index contributed by atoms with van der Waals surface area (Å²) in [6.07, 6.45) is 4.31. The monoisotopic (exact) mass is 498 g/mol. The fourth-order valence-electron chi connectivity index (χ4n) is 4.26. The Morgan fingerprint density at radius 1 is 0.971 bits per heavy atom. The molecule has 2 aliphatic heterocycles. The Bertz CT molecular complexity index is 1120. The molecule has 9 heteroatoms. The Morgan fingerprint density at radius 3 is 2.37 bits per heavy atom. The number of ether oxygens (including phenoxy) is 1. The zero-order chi connectivity index (χ0) is 24.7. The minimum absolute atomic E-state index is 0.133. The molecule has 0 radical (unpaired) electrons. The lowest BCUT2D eigenvalue weighted by Gasteiger charge is -2.33. The average molecular weight is 499 g/mol. The normalized spacial score (nSPS) is 18.7. The van der Waals surface area contributed by atoms with E-state index >= 15 is 0 Å². The maximum absolute atomic E-state index is 13.0. The number of morpholine rings is 1. The molecule has 0 unspecified atom stereocenters. The number of hydrogen-bond donors (Lipinski definition) is 1. The molecular weight excluding hydrogens is 464 g/mol. The second-order valence-electron chi connectivity index (χ2n) is 8.93. The van der Waals surface area contributed by atoms with Crippen molar-refractivity contribution in [2.45, 2.75) is 11.8 Å². The zero-order valence-electron chi connectivity index (χ0n) is 20.2. The first-order chi connectivity index (χ1) is 16.9. The van der Waals surface area contributed by atoms with Crippen LogP contribution in [0.5, 0.6) is 0 Å². The van der Waals surface area contributed by atoms with Gasteiger partial charge in [-0.1, -0.05) is 48.6 Å². The van der Waals surface area contributed by atoms with Crippen LogP contribution in [-0.4, -0.2) is 94.0 Å². The minimum atomic E-state index is -3.62. The minimum Gasteiger partial charge on any atom is -0.379 e. The van der Waals surface area contributed by atoms with Crippen molar-refractivity contribution in [3.05, 3.63) is 65.7 Å². The molecule has 1 amide bonds. The fourth-order valence-corrected chi connectivity index (χ4v) is 5.69. The standard InChI is InChI=1S/C26H34N4O4S/c1-22-9-10-24(35(32,33)30-16-18-34-19-17-30)20-25(22)27-26(31)21-29-14-12-28(13-15-29)11-5-8-23-6-3-2-4-7-23/h2-10,20H,11-19,21H2,1H3,(H,27,31)/b8-5+. The number of hydrogen-bond acceptors (Lipinski definition) is 6. The van der Waals surface area contributed by atoms with Crippen LogP contribution in [0, 0.1) is 6.92 Å². The van der Waals surface area contributed by atoms with Gasteiger partial charge in [0.15, 0.2) is 0 Å². The lowest BCUT2D eigenvalue weighted by molar-refractivity contribution is -0.117. The van der Waals surface area contributed by atoms with E-state index in [1.54, 1.807) is 18.2 Å². The summed E-state index contributed by atoms with van der Waals surface area (Å²) in [7, 11) is -3.62. The zero-order valence-corrected chi connectivity index (χ0v) is 21.0. The van der Waals surface area contributed by atoms with Crippen molar-refractivity contribution < 1.29 is 17.9 Å². The van der Waals surface area contributed by atoms with Crippen molar-refractivity contribution in [3.8, 4) is 0 Å². The molecule has 1 N–H and O–H groups in total. The van der Waals surface area contributed by atoms with Crippen LogP contribution in [0.15, 0.2) is 59.5 Å². The van der Waals surface area contributed by atoms with E-state index in [1.807, 2.05) is 25.1 Å². The summed E-state index contributed by atoms with van der Waals surface area (Å²) in [5, 5.41) is 2.92. The highest BCUT2D eigenvalue weighted by Crippen LogP contribution is 2.23. The largest absolute Gasteiger partial charge is 0.379 e. The number of rotatable bonds is 8. The first kappa shape index (κ1) is 25.5. The van der Waals surface area contributed by atoms with Crippen LogP contribution >= 0.6 is 0 Å². The van der Waals surface area contributed by atoms with Crippen LogP contribution in [0.1, 0.15) is 11.1 Å². The van der Waals surface area contributed by atoms with E-state index in [0.717, 1.165) is 38.3 Å². The molecule has 2 fully saturated rings. The molecular formula is C26H34N4O4S. The van der Waals surface area contributed by atoms with Gasteiger partial charge in [0.05, 0.1) is 24.7 Å². The number of aryl methyl sites for hydroxylation is 1. The smallest absolute Gasteiger partial charge is 0.243 e. The van der Waals surface area contributed by atoms with Crippen LogP contribution in [0.2, 0.25) is 0 Å². The van der Waals surface area contributed by atoms with Crippen LogP contribution in [0.25, 0.3) is 6.08 Å². The van der Waals surface area contributed by atoms with E-state index in [-0.39, 0.29) is 17.3 Å². The summed E-state index contributed by atoms with van der Waals surface area (Å²) in [6.45, 7) is 7.94. The summed E-state index contributed by atoms with van der Waals surface area (Å²) in [6, 6.07) is 15.2. The Labute approximate surface area is 208 Å². The summed E-state index contributed by atoms with van der Waals surface area (Å²) in [5.41, 5.74) is 2.56. The van der Waals surface area contributed by atoms with Gasteiger partial charge in [0, 0.05) is 51.5 Å². The highest BCUT2D eigenvalue weighted by Gasteiger charge is 2.27. The molecule has 2 aliphatic rings. The second-order valence-corrected chi connectivity index (χ2v) is 10.9. The van der Waals surface area contributed by atoms with E-state index in [9.17, 15) is 13.2 Å². The molecule has 2 heterocycles. The fraction of sp³-hybridized carbons (Fsp3) is 0.423. The number of sulfonamides is 1. The van der Waals surface area contributed by atoms with E-state index in [1.165, 1.54) is 9.87 Å². The number of carbonyl (C=O) groups excluding carboxylic acids is 1. The molecule has 0 aromatic heterocycles. The molecule has 8 nitrogen and oxygen atoms in total. The van der Waals surface area contributed by atoms with Crippen LogP contribution in [0.3, 0.4) is 0 Å². The topological polar surface area (TPSA) is 82.2 Å². The van der Waals surface area contributed by atoms with Crippen LogP contribution < -0.4 is 5.32 Å².